The Balaban J connectivity index is 0.000000160. The predicted molar refractivity (Wildman–Crippen MR) is 259 cm³/mol. The highest BCUT2D eigenvalue weighted by Gasteiger charge is 2.41. The second kappa shape index (κ2) is 17.1. The number of carbonyl (C=O) groups excluding carboxylic acids is 2. The second-order valence-electron chi connectivity index (χ2n) is 19.2. The summed E-state index contributed by atoms with van der Waals surface area (Å²) in [5, 5.41) is 21.0. The molecule has 0 radical (unpaired) electrons. The average Bonchev–Trinajstić information content (AvgIpc) is 4.22. The van der Waals surface area contributed by atoms with Gasteiger partial charge >= 0.3 is 6.09 Å². The summed E-state index contributed by atoms with van der Waals surface area (Å²) < 4.78 is 18.1. The molecule has 9 aromatic rings. The fraction of sp³-hybridized carbons (Fsp3) is 0.315. The first-order valence-corrected chi connectivity index (χ1v) is 23.2. The number of aromatic nitrogens is 9. The molecule has 2 saturated carbocycles. The standard InChI is InChI=1S/C28H27N5O2.C26H26N4O4/c1-15-8-11-21(16(2)30-15)28(34,24-7-5-6-12-29-24)22-13-20(25-17(3)33-35-18(25)4)14-23-26(22)32-27(31-23)19-9-10-19;1-14-21(15(2)34-29-14)17-12-18(23(31)19-8-6-7-11-27-19)22-20(13-17)30(24(28-22)16-9-10-16)25(32)33-26(3,4)5/h5-8,11-14,19,34H,9-10H2,1-4H3,(H,31,32);6-8,11-13,16H,9-10H2,1-5H3. The van der Waals surface area contributed by atoms with E-state index < -0.39 is 17.3 Å². The van der Waals surface area contributed by atoms with Crippen molar-refractivity contribution in [1.82, 2.24) is 44.8 Å². The van der Waals surface area contributed by atoms with Gasteiger partial charge in [0.15, 0.2) is 5.60 Å². The number of aliphatic hydroxyl groups is 1. The van der Waals surface area contributed by atoms with Crippen molar-refractivity contribution >= 4 is 33.9 Å². The average molecular weight is 924 g/mol. The van der Waals surface area contributed by atoms with Crippen LogP contribution in [0.1, 0.15) is 137 Å². The molecule has 2 aliphatic rings. The van der Waals surface area contributed by atoms with Crippen LogP contribution < -0.4 is 0 Å². The number of nitrogens with one attached hydrogen (secondary N) is 1. The molecule has 0 amide bonds. The summed E-state index contributed by atoms with van der Waals surface area (Å²) in [7, 11) is 0. The van der Waals surface area contributed by atoms with Crippen LogP contribution in [0.2, 0.25) is 0 Å². The van der Waals surface area contributed by atoms with Gasteiger partial charge in [0.05, 0.1) is 39.2 Å². The summed E-state index contributed by atoms with van der Waals surface area (Å²) in [5.41, 5.74) is 9.28. The molecular formula is C54H53N9O6. The van der Waals surface area contributed by atoms with Crippen molar-refractivity contribution in [2.45, 2.75) is 111 Å². The minimum atomic E-state index is -1.57. The van der Waals surface area contributed by atoms with Gasteiger partial charge in [-0.05, 0) is 154 Å². The van der Waals surface area contributed by atoms with Gasteiger partial charge < -0.3 is 23.9 Å². The normalized spacial score (nSPS) is 14.7. The summed E-state index contributed by atoms with van der Waals surface area (Å²) >= 11 is 0. The number of benzene rings is 2. The van der Waals surface area contributed by atoms with Crippen molar-refractivity contribution in [3.05, 3.63) is 159 Å². The molecular weight excluding hydrogens is 871 g/mol. The van der Waals surface area contributed by atoms with E-state index in [0.717, 1.165) is 87.6 Å². The lowest BCUT2D eigenvalue weighted by Gasteiger charge is -2.30. The zero-order valence-electron chi connectivity index (χ0n) is 40.1. The van der Waals surface area contributed by atoms with Crippen LogP contribution in [0.15, 0.2) is 94.2 Å². The molecule has 350 valence electrons. The molecule has 15 nitrogen and oxygen atoms in total. The van der Waals surface area contributed by atoms with Crippen molar-refractivity contribution in [2.75, 3.05) is 0 Å². The first-order chi connectivity index (χ1) is 33.0. The second-order valence-corrected chi connectivity index (χ2v) is 19.2. The van der Waals surface area contributed by atoms with Crippen LogP contribution in [0.25, 0.3) is 44.3 Å². The van der Waals surface area contributed by atoms with Crippen LogP contribution in [0.3, 0.4) is 0 Å². The fourth-order valence-electron chi connectivity index (χ4n) is 9.23. The smallest absolute Gasteiger partial charge is 0.420 e. The number of aromatic amines is 1. The van der Waals surface area contributed by atoms with Gasteiger partial charge in [0.2, 0.25) is 5.78 Å². The van der Waals surface area contributed by atoms with E-state index in [1.54, 1.807) is 36.7 Å². The molecule has 1 atom stereocenters. The first kappa shape index (κ1) is 45.1. The minimum absolute atomic E-state index is 0.153. The maximum Gasteiger partial charge on any atom is 0.420 e. The molecule has 7 aromatic heterocycles. The van der Waals surface area contributed by atoms with E-state index in [4.69, 9.17) is 23.8 Å². The number of nitrogens with zero attached hydrogens (tertiary/aromatic N) is 8. The summed E-state index contributed by atoms with van der Waals surface area (Å²) in [5.74, 6) is 3.25. The van der Waals surface area contributed by atoms with Gasteiger partial charge in [-0.2, -0.15) is 0 Å². The summed E-state index contributed by atoms with van der Waals surface area (Å²) in [4.78, 5) is 53.8. The summed E-state index contributed by atoms with van der Waals surface area (Å²) in [6, 6.07) is 22.4. The topological polar surface area (TPSA) is 201 Å². The molecule has 7 heterocycles. The third-order valence-electron chi connectivity index (χ3n) is 12.7. The van der Waals surface area contributed by atoms with Crippen LogP contribution in [0.4, 0.5) is 4.79 Å². The number of H-pyrrole nitrogens is 1. The van der Waals surface area contributed by atoms with E-state index >= 15 is 0 Å². The van der Waals surface area contributed by atoms with Crippen molar-refractivity contribution in [1.29, 1.82) is 0 Å². The molecule has 69 heavy (non-hydrogen) atoms. The van der Waals surface area contributed by atoms with Crippen molar-refractivity contribution in [2.24, 2.45) is 0 Å². The van der Waals surface area contributed by atoms with Gasteiger partial charge in [0, 0.05) is 57.9 Å². The highest BCUT2D eigenvalue weighted by atomic mass is 16.6. The van der Waals surface area contributed by atoms with Crippen LogP contribution in [-0.4, -0.2) is 67.4 Å². The number of ketones is 1. The quantitative estimate of drug-likeness (QED) is 0.130. The van der Waals surface area contributed by atoms with E-state index in [1.165, 1.54) is 4.57 Å². The number of imidazole rings is 2. The lowest BCUT2D eigenvalue weighted by atomic mass is 9.80. The van der Waals surface area contributed by atoms with Gasteiger partial charge in [-0.25, -0.2) is 19.3 Å². The number of fused-ring (bicyclic) bond motifs is 2. The molecule has 0 spiro atoms. The Morgan fingerprint density at radius 3 is 1.93 bits per heavy atom. The number of hydrogen-bond acceptors (Lipinski definition) is 13. The van der Waals surface area contributed by atoms with Gasteiger partial charge in [-0.3, -0.25) is 19.7 Å². The molecule has 1 unspecified atom stereocenters. The highest BCUT2D eigenvalue weighted by molar-refractivity contribution is 6.16. The Morgan fingerprint density at radius 1 is 0.710 bits per heavy atom. The van der Waals surface area contributed by atoms with Crippen molar-refractivity contribution in [3.8, 4) is 22.3 Å². The number of carbonyl (C=O) groups is 2. The number of rotatable bonds is 9. The summed E-state index contributed by atoms with van der Waals surface area (Å²) in [6.45, 7) is 16.8. The number of aryl methyl sites for hydroxylation is 6. The van der Waals surface area contributed by atoms with Crippen LogP contribution >= 0.6 is 0 Å². The Morgan fingerprint density at radius 2 is 1.36 bits per heavy atom. The van der Waals surface area contributed by atoms with Gasteiger partial charge in [-0.1, -0.05) is 28.5 Å². The Bertz CT molecular complexity index is 3410. The molecule has 11 rings (SSSR count). The lowest BCUT2D eigenvalue weighted by molar-refractivity contribution is 0.0538. The number of pyridine rings is 3. The molecule has 2 fully saturated rings. The zero-order chi connectivity index (χ0) is 48.5. The van der Waals surface area contributed by atoms with Crippen LogP contribution in [0, 0.1) is 41.5 Å². The fourth-order valence-corrected chi connectivity index (χ4v) is 9.23. The summed E-state index contributed by atoms with van der Waals surface area (Å²) in [6.07, 6.45) is 6.89. The van der Waals surface area contributed by atoms with Crippen LogP contribution in [0.5, 0.6) is 0 Å². The Labute approximate surface area is 398 Å². The minimum Gasteiger partial charge on any atom is -0.443 e. The first-order valence-electron chi connectivity index (χ1n) is 23.2. The molecule has 0 bridgehead atoms. The van der Waals surface area contributed by atoms with Crippen molar-refractivity contribution < 1.29 is 28.5 Å². The highest BCUT2D eigenvalue weighted by Crippen LogP contribution is 2.46. The largest absolute Gasteiger partial charge is 0.443 e. The molecule has 2 aliphatic carbocycles. The predicted octanol–water partition coefficient (Wildman–Crippen LogP) is 11.0. The molecule has 0 saturated heterocycles. The Kier molecular flexibility index (Phi) is 11.2. The van der Waals surface area contributed by atoms with Gasteiger partial charge in [0.1, 0.15) is 40.0 Å². The zero-order valence-corrected chi connectivity index (χ0v) is 40.1. The van der Waals surface area contributed by atoms with Gasteiger partial charge in [-0.15, -0.1) is 0 Å². The van der Waals surface area contributed by atoms with Crippen molar-refractivity contribution in [3.63, 3.8) is 0 Å². The van der Waals surface area contributed by atoms with E-state index in [9.17, 15) is 14.7 Å². The lowest BCUT2D eigenvalue weighted by Crippen LogP contribution is -2.32. The molecule has 2 aromatic carbocycles. The van der Waals surface area contributed by atoms with Gasteiger partial charge in [0.25, 0.3) is 0 Å². The molecule has 0 aliphatic heterocycles. The van der Waals surface area contributed by atoms with E-state index in [0.29, 0.717) is 62.3 Å². The maximum atomic E-state index is 13.6. The molecule has 15 heteroatoms. The van der Waals surface area contributed by atoms with Crippen LogP contribution in [-0.2, 0) is 10.3 Å². The van der Waals surface area contributed by atoms with E-state index in [-0.39, 0.29) is 11.7 Å². The Hall–Kier alpha value is -7.65. The van der Waals surface area contributed by atoms with E-state index in [2.05, 4.69) is 36.3 Å². The third kappa shape index (κ3) is 8.41. The number of ether oxygens (including phenoxy) is 1. The maximum absolute atomic E-state index is 13.6. The SMILES string of the molecule is Cc1ccc(C(O)(c2ccccn2)c2cc(-c3c(C)noc3C)cc3[nH]c(C4CC4)nc23)c(C)n1.Cc1noc(C)c1-c1cc(C(=O)c2ccccn2)c2nc(C3CC3)n(C(=O)OC(C)(C)C)c2c1. The third-order valence-corrected chi connectivity index (χ3v) is 12.7. The number of hydrogen-bond donors (Lipinski definition) is 2. The molecule has 2 N–H and O–H groups in total. The monoisotopic (exact) mass is 923 g/mol. The van der Waals surface area contributed by atoms with E-state index in [1.807, 2.05) is 105 Å².